The van der Waals surface area contributed by atoms with Gasteiger partial charge in [-0.25, -0.2) is 0 Å². The monoisotopic (exact) mass is 244 g/mol. The van der Waals surface area contributed by atoms with E-state index in [2.05, 4.69) is 31.2 Å². The maximum absolute atomic E-state index is 12.0. The van der Waals surface area contributed by atoms with Crippen LogP contribution in [-0.2, 0) is 9.53 Å². The third kappa shape index (κ3) is 2.35. The molecule has 0 amide bonds. The molecule has 3 atom stereocenters. The Kier molecular flexibility index (Phi) is 2.98. The minimum Gasteiger partial charge on any atom is -0.366 e. The van der Waals surface area contributed by atoms with Crippen molar-refractivity contribution < 1.29 is 9.53 Å². The number of hydrogen-bond acceptors (Lipinski definition) is 2. The lowest BCUT2D eigenvalue weighted by molar-refractivity contribution is -0.119. The number of ether oxygens (including phenoxy) is 1. The van der Waals surface area contributed by atoms with E-state index < -0.39 is 0 Å². The molecule has 3 rings (SSSR count). The van der Waals surface area contributed by atoms with E-state index in [0.717, 1.165) is 25.7 Å². The van der Waals surface area contributed by atoms with Crippen LogP contribution >= 0.6 is 0 Å². The average molecular weight is 244 g/mol. The molecule has 96 valence electrons. The van der Waals surface area contributed by atoms with Crippen LogP contribution in [0.4, 0.5) is 0 Å². The first-order chi connectivity index (χ1) is 8.67. The van der Waals surface area contributed by atoms with Gasteiger partial charge in [0.05, 0.1) is 11.7 Å². The fourth-order valence-corrected chi connectivity index (χ4v) is 3.22. The number of ketones is 1. The molecule has 0 aromatic heterocycles. The standard InChI is InChI=1S/C16H20O2/c1-16-11-13(12-6-3-2-4-7-12)10-14(17)8-5-9-15(16)18-16/h2-4,6-7,13,15H,5,8-11H2,1H3/t13-,15+,16-/m0/s1. The van der Waals surface area contributed by atoms with Crippen LogP contribution in [0.2, 0.25) is 0 Å². The summed E-state index contributed by atoms with van der Waals surface area (Å²) < 4.78 is 5.86. The van der Waals surface area contributed by atoms with Crippen LogP contribution in [0.15, 0.2) is 30.3 Å². The Bertz CT molecular complexity index is 440. The molecule has 0 N–H and O–H groups in total. The van der Waals surface area contributed by atoms with Crippen molar-refractivity contribution in [2.75, 3.05) is 0 Å². The highest BCUT2D eigenvalue weighted by molar-refractivity contribution is 5.79. The van der Waals surface area contributed by atoms with Crippen molar-refractivity contribution >= 4 is 5.78 Å². The first-order valence-corrected chi connectivity index (χ1v) is 6.92. The van der Waals surface area contributed by atoms with Crippen molar-refractivity contribution in [3.05, 3.63) is 35.9 Å². The van der Waals surface area contributed by atoms with E-state index in [4.69, 9.17) is 4.74 Å². The minimum absolute atomic E-state index is 0.0190. The number of rotatable bonds is 1. The molecule has 1 heterocycles. The predicted molar refractivity (Wildman–Crippen MR) is 70.6 cm³/mol. The van der Waals surface area contributed by atoms with Gasteiger partial charge in [0, 0.05) is 12.8 Å². The van der Waals surface area contributed by atoms with E-state index >= 15 is 0 Å². The third-order valence-electron chi connectivity index (χ3n) is 4.35. The Morgan fingerprint density at radius 3 is 2.83 bits per heavy atom. The molecule has 18 heavy (non-hydrogen) atoms. The summed E-state index contributed by atoms with van der Waals surface area (Å²) in [5, 5.41) is 0. The van der Waals surface area contributed by atoms with Crippen molar-refractivity contribution in [3.8, 4) is 0 Å². The third-order valence-corrected chi connectivity index (χ3v) is 4.35. The number of fused-ring (bicyclic) bond motifs is 1. The van der Waals surface area contributed by atoms with Gasteiger partial charge in [0.1, 0.15) is 5.78 Å². The van der Waals surface area contributed by atoms with Gasteiger partial charge < -0.3 is 4.74 Å². The van der Waals surface area contributed by atoms with Crippen LogP contribution in [0.25, 0.3) is 0 Å². The zero-order valence-electron chi connectivity index (χ0n) is 10.9. The van der Waals surface area contributed by atoms with E-state index in [0.29, 0.717) is 24.2 Å². The molecule has 2 heteroatoms. The van der Waals surface area contributed by atoms with Crippen LogP contribution in [0, 0.1) is 0 Å². The van der Waals surface area contributed by atoms with Crippen molar-refractivity contribution in [1.82, 2.24) is 0 Å². The minimum atomic E-state index is 0.0190. The van der Waals surface area contributed by atoms with Crippen molar-refractivity contribution in [1.29, 1.82) is 0 Å². The van der Waals surface area contributed by atoms with E-state index in [1.807, 2.05) is 6.07 Å². The van der Waals surface area contributed by atoms with E-state index in [1.165, 1.54) is 5.56 Å². The lowest BCUT2D eigenvalue weighted by Gasteiger charge is -2.18. The molecule has 1 aliphatic carbocycles. The lowest BCUT2D eigenvalue weighted by Crippen LogP contribution is -2.16. The van der Waals surface area contributed by atoms with Crippen molar-refractivity contribution in [2.24, 2.45) is 0 Å². The Balaban J connectivity index is 1.83. The van der Waals surface area contributed by atoms with Crippen molar-refractivity contribution in [3.63, 3.8) is 0 Å². The Labute approximate surface area is 108 Å². The summed E-state index contributed by atoms with van der Waals surface area (Å²) >= 11 is 0. The van der Waals surface area contributed by atoms with Gasteiger partial charge in [-0.05, 0) is 37.7 Å². The number of carbonyl (C=O) groups excluding carboxylic acids is 1. The second-order valence-corrected chi connectivity index (χ2v) is 5.87. The Morgan fingerprint density at radius 2 is 2.06 bits per heavy atom. The Morgan fingerprint density at radius 1 is 1.28 bits per heavy atom. The quantitative estimate of drug-likeness (QED) is 0.708. The molecule has 0 unspecified atom stereocenters. The molecule has 1 aliphatic heterocycles. The van der Waals surface area contributed by atoms with E-state index in [-0.39, 0.29) is 5.60 Å². The first kappa shape index (κ1) is 11.9. The van der Waals surface area contributed by atoms with Gasteiger partial charge >= 0.3 is 0 Å². The number of carbonyl (C=O) groups is 1. The highest BCUT2D eigenvalue weighted by Crippen LogP contribution is 2.47. The number of Topliss-reactive ketones (excluding diaryl/α,β-unsaturated/α-hetero) is 1. The largest absolute Gasteiger partial charge is 0.366 e. The van der Waals surface area contributed by atoms with Gasteiger partial charge in [0.15, 0.2) is 0 Å². The van der Waals surface area contributed by atoms with Gasteiger partial charge in [-0.3, -0.25) is 4.79 Å². The number of epoxide rings is 1. The summed E-state index contributed by atoms with van der Waals surface area (Å²) in [5.74, 6) is 0.737. The topological polar surface area (TPSA) is 29.6 Å². The van der Waals surface area contributed by atoms with E-state index in [1.54, 1.807) is 0 Å². The molecule has 1 saturated heterocycles. The Hall–Kier alpha value is -1.15. The van der Waals surface area contributed by atoms with Gasteiger partial charge in [0.25, 0.3) is 0 Å². The molecule has 0 radical (unpaired) electrons. The molecule has 1 aromatic carbocycles. The molecule has 2 nitrogen and oxygen atoms in total. The summed E-state index contributed by atoms with van der Waals surface area (Å²) in [7, 11) is 0. The first-order valence-electron chi connectivity index (χ1n) is 6.92. The van der Waals surface area contributed by atoms with Crippen molar-refractivity contribution in [2.45, 2.75) is 56.7 Å². The van der Waals surface area contributed by atoms with E-state index in [9.17, 15) is 4.79 Å². The highest BCUT2D eigenvalue weighted by Gasteiger charge is 2.52. The number of hydrogen-bond donors (Lipinski definition) is 0. The maximum atomic E-state index is 12.0. The summed E-state index contributed by atoms with van der Waals surface area (Å²) in [6.07, 6.45) is 4.79. The molecule has 1 saturated carbocycles. The van der Waals surface area contributed by atoms with Crippen LogP contribution in [0.3, 0.4) is 0 Å². The molecule has 0 spiro atoms. The molecular weight excluding hydrogens is 224 g/mol. The van der Waals surface area contributed by atoms with Crippen LogP contribution in [-0.4, -0.2) is 17.5 Å². The zero-order valence-corrected chi connectivity index (χ0v) is 10.9. The smallest absolute Gasteiger partial charge is 0.133 e. The van der Waals surface area contributed by atoms with Gasteiger partial charge in [-0.2, -0.15) is 0 Å². The fourth-order valence-electron chi connectivity index (χ4n) is 3.22. The summed E-state index contributed by atoms with van der Waals surface area (Å²) in [4.78, 5) is 12.0. The molecule has 2 fully saturated rings. The van der Waals surface area contributed by atoms with Crippen LogP contribution < -0.4 is 0 Å². The van der Waals surface area contributed by atoms with Gasteiger partial charge in [-0.15, -0.1) is 0 Å². The molecular formula is C16H20O2. The van der Waals surface area contributed by atoms with Crippen LogP contribution in [0.1, 0.15) is 50.5 Å². The lowest BCUT2D eigenvalue weighted by atomic mass is 9.85. The van der Waals surface area contributed by atoms with Gasteiger partial charge in [-0.1, -0.05) is 30.3 Å². The van der Waals surface area contributed by atoms with Crippen LogP contribution in [0.5, 0.6) is 0 Å². The average Bonchev–Trinajstić information content (AvgIpc) is 2.99. The fraction of sp³-hybridized carbons (Fsp3) is 0.562. The number of benzene rings is 1. The normalized spacial score (nSPS) is 36.2. The summed E-state index contributed by atoms with van der Waals surface area (Å²) in [6, 6.07) is 10.4. The second-order valence-electron chi connectivity index (χ2n) is 5.87. The maximum Gasteiger partial charge on any atom is 0.133 e. The molecule has 1 aromatic rings. The zero-order chi connectivity index (χ0) is 12.6. The molecule has 2 aliphatic rings. The summed E-state index contributed by atoms with van der Waals surface area (Å²) in [5.41, 5.74) is 1.30. The second kappa shape index (κ2) is 4.51. The van der Waals surface area contributed by atoms with Gasteiger partial charge in [0.2, 0.25) is 0 Å². The highest BCUT2D eigenvalue weighted by atomic mass is 16.6. The predicted octanol–water partition coefficient (Wildman–Crippen LogP) is 3.46. The summed E-state index contributed by atoms with van der Waals surface area (Å²) in [6.45, 7) is 2.20. The SMILES string of the molecule is C[C@]12C[C@@H](c3ccccc3)CC(=O)CCC[C@H]1O2. The molecule has 0 bridgehead atoms.